The molecular weight excluding hydrogens is 632 g/mol. The number of nitrogen functional groups attached to an aromatic ring is 1. The molecule has 248 valence electrons. The second kappa shape index (κ2) is 12.1. The van der Waals surface area contributed by atoms with Gasteiger partial charge in [-0.3, -0.25) is 4.79 Å². The number of ether oxygens (including phenoxy) is 1. The van der Waals surface area contributed by atoms with Gasteiger partial charge in [0.15, 0.2) is 17.5 Å². The number of nitrogens with two attached hydrogens (primary N) is 1. The van der Waals surface area contributed by atoms with E-state index in [0.29, 0.717) is 44.6 Å². The number of aromatic nitrogens is 4. The van der Waals surface area contributed by atoms with E-state index < -0.39 is 53.2 Å². The third kappa shape index (κ3) is 6.54. The zero-order valence-electron chi connectivity index (χ0n) is 24.9. The van der Waals surface area contributed by atoms with Gasteiger partial charge in [0.05, 0.1) is 11.4 Å². The first-order valence-corrected chi connectivity index (χ1v) is 14.6. The summed E-state index contributed by atoms with van der Waals surface area (Å²) >= 11 is 0. The third-order valence-corrected chi connectivity index (χ3v) is 8.65. The first-order chi connectivity index (χ1) is 22.2. The Morgan fingerprint density at radius 2 is 1.77 bits per heavy atom. The van der Waals surface area contributed by atoms with E-state index >= 15 is 0 Å². The summed E-state index contributed by atoms with van der Waals surface area (Å²) < 4.78 is 92.6. The van der Waals surface area contributed by atoms with Gasteiger partial charge in [0.1, 0.15) is 11.9 Å². The van der Waals surface area contributed by atoms with Crippen LogP contribution in [0.2, 0.25) is 0 Å². The predicted octanol–water partition coefficient (Wildman–Crippen LogP) is 5.35. The number of piperidine rings is 1. The number of benzene rings is 2. The zero-order chi connectivity index (χ0) is 33.7. The molecule has 2 aromatic heterocycles. The molecule has 4 heterocycles. The molecule has 2 aromatic carbocycles. The number of aliphatic carboxylic acids is 1. The fourth-order valence-electron chi connectivity index (χ4n) is 6.18. The van der Waals surface area contributed by atoms with Crippen molar-refractivity contribution in [1.82, 2.24) is 25.1 Å². The molecule has 16 heteroatoms. The molecule has 2 fully saturated rings. The number of nitrogens with one attached hydrogen (secondary N) is 1. The molecule has 2 aliphatic heterocycles. The van der Waals surface area contributed by atoms with E-state index in [1.807, 2.05) is 4.90 Å². The summed E-state index contributed by atoms with van der Waals surface area (Å²) in [5.74, 6) is -6.00. The normalized spacial score (nSPS) is 18.4. The molecule has 0 unspecified atom stereocenters. The highest BCUT2D eigenvalue weighted by molar-refractivity contribution is 5.74. The Balaban J connectivity index is 1.32. The van der Waals surface area contributed by atoms with Crippen LogP contribution in [0.15, 0.2) is 48.7 Å². The quantitative estimate of drug-likeness (QED) is 0.177. The number of carboxylic acid groups (broad SMARTS) is 1. The Morgan fingerprint density at radius 3 is 2.36 bits per heavy atom. The summed E-state index contributed by atoms with van der Waals surface area (Å²) in [7, 11) is 0. The van der Waals surface area contributed by atoms with Crippen molar-refractivity contribution in [2.24, 2.45) is 5.41 Å². The van der Waals surface area contributed by atoms with Crippen molar-refractivity contribution in [2.45, 2.75) is 44.5 Å². The van der Waals surface area contributed by atoms with Crippen molar-refractivity contribution in [1.29, 1.82) is 0 Å². The predicted molar refractivity (Wildman–Crippen MR) is 157 cm³/mol. The molecule has 4 aromatic rings. The monoisotopic (exact) mass is 661 g/mol. The van der Waals surface area contributed by atoms with Gasteiger partial charge in [-0.1, -0.05) is 12.1 Å². The molecule has 2 saturated heterocycles. The van der Waals surface area contributed by atoms with Gasteiger partial charge in [-0.15, -0.1) is 0 Å². The lowest BCUT2D eigenvalue weighted by molar-refractivity contribution is -0.198. The van der Waals surface area contributed by atoms with E-state index in [1.165, 1.54) is 29.1 Å². The molecular formula is C31H29F6N7O3. The summed E-state index contributed by atoms with van der Waals surface area (Å²) in [6, 6.07) is 7.21. The maximum absolute atomic E-state index is 14.8. The van der Waals surface area contributed by atoms with Crippen molar-refractivity contribution in [3.05, 3.63) is 77.4 Å². The van der Waals surface area contributed by atoms with Crippen molar-refractivity contribution in [3.63, 3.8) is 0 Å². The van der Waals surface area contributed by atoms with Gasteiger partial charge in [-0.05, 0) is 67.0 Å². The summed E-state index contributed by atoms with van der Waals surface area (Å²) in [6.45, 7) is 3.10. The summed E-state index contributed by atoms with van der Waals surface area (Å²) in [6.07, 6.45) is -4.42. The third-order valence-electron chi connectivity index (χ3n) is 8.65. The number of anilines is 2. The molecule has 2 aliphatic rings. The topological polar surface area (TPSA) is 131 Å². The number of rotatable bonds is 7. The molecule has 0 radical (unpaired) electrons. The number of carboxylic acids is 1. The van der Waals surface area contributed by atoms with Crippen LogP contribution in [0.3, 0.4) is 0 Å². The van der Waals surface area contributed by atoms with Gasteiger partial charge in [-0.25, -0.2) is 17.9 Å². The van der Waals surface area contributed by atoms with E-state index in [2.05, 4.69) is 20.4 Å². The largest absolute Gasteiger partial charge is 0.480 e. The summed E-state index contributed by atoms with van der Waals surface area (Å²) in [4.78, 5) is 21.4. The standard InChI is InChI=1S/C31H29F6N7O3/c1-16-4-7-44(42-16)23-12-17(18-10-20(32)26(34)21(33)11-18)2-3-19(23)27(31(35,36)37)47-25-13-24(40-29(38)41-25)43-8-5-30(6-9-43)14-22(28(45)46)39-15-30/h2-4,7,10-13,22,27,39H,5-6,8-9,14-15H2,1H3,(H,45,46)(H2,38,40,41)/t22-,27+/m0/s1. The lowest BCUT2D eigenvalue weighted by Crippen LogP contribution is -2.41. The molecule has 0 bridgehead atoms. The molecule has 10 nitrogen and oxygen atoms in total. The fourth-order valence-corrected chi connectivity index (χ4v) is 6.18. The Bertz CT molecular complexity index is 1800. The van der Waals surface area contributed by atoms with Crippen LogP contribution in [-0.2, 0) is 4.79 Å². The molecule has 2 atom stereocenters. The summed E-state index contributed by atoms with van der Waals surface area (Å²) in [5, 5.41) is 16.6. The van der Waals surface area contributed by atoms with Crippen LogP contribution in [0.4, 0.5) is 38.1 Å². The molecule has 47 heavy (non-hydrogen) atoms. The van der Waals surface area contributed by atoms with Crippen molar-refractivity contribution >= 4 is 17.7 Å². The highest BCUT2D eigenvalue weighted by Gasteiger charge is 2.46. The van der Waals surface area contributed by atoms with Crippen LogP contribution in [0.25, 0.3) is 16.8 Å². The average molecular weight is 662 g/mol. The minimum Gasteiger partial charge on any atom is -0.480 e. The van der Waals surface area contributed by atoms with Crippen LogP contribution in [0.5, 0.6) is 5.88 Å². The smallest absolute Gasteiger partial charge is 0.429 e. The first-order valence-electron chi connectivity index (χ1n) is 14.6. The van der Waals surface area contributed by atoms with E-state index in [-0.39, 0.29) is 34.0 Å². The van der Waals surface area contributed by atoms with Gasteiger partial charge in [0, 0.05) is 37.5 Å². The van der Waals surface area contributed by atoms with E-state index in [1.54, 1.807) is 13.0 Å². The second-order valence-electron chi connectivity index (χ2n) is 11.9. The number of alkyl halides is 3. The van der Waals surface area contributed by atoms with E-state index in [4.69, 9.17) is 10.5 Å². The Kier molecular flexibility index (Phi) is 8.23. The molecule has 0 amide bonds. The van der Waals surface area contributed by atoms with Gasteiger partial charge < -0.3 is 25.8 Å². The number of carbonyl (C=O) groups is 1. The van der Waals surface area contributed by atoms with Crippen molar-refractivity contribution < 1.29 is 41.0 Å². The summed E-state index contributed by atoms with van der Waals surface area (Å²) in [5.41, 5.74) is 5.66. The van der Waals surface area contributed by atoms with E-state index in [0.717, 1.165) is 18.2 Å². The molecule has 4 N–H and O–H groups in total. The van der Waals surface area contributed by atoms with Crippen molar-refractivity contribution in [2.75, 3.05) is 30.3 Å². The lowest BCUT2D eigenvalue weighted by atomic mass is 9.76. The Hall–Kier alpha value is -4.86. The van der Waals surface area contributed by atoms with Gasteiger partial charge in [0.25, 0.3) is 0 Å². The number of halogens is 6. The molecule has 0 aliphatic carbocycles. The van der Waals surface area contributed by atoms with Crippen LogP contribution in [0, 0.1) is 29.8 Å². The highest BCUT2D eigenvalue weighted by atomic mass is 19.4. The number of hydrogen-bond acceptors (Lipinski definition) is 8. The van der Waals surface area contributed by atoms with Crippen LogP contribution in [-0.4, -0.2) is 62.7 Å². The van der Waals surface area contributed by atoms with Crippen LogP contribution in [0.1, 0.15) is 36.6 Å². The number of aryl methyl sites for hydroxylation is 1. The maximum atomic E-state index is 14.8. The Labute approximate surface area is 264 Å². The van der Waals surface area contributed by atoms with Crippen LogP contribution >= 0.6 is 0 Å². The second-order valence-corrected chi connectivity index (χ2v) is 11.9. The SMILES string of the molecule is Cc1ccn(-c2cc(-c3cc(F)c(F)c(F)c3)ccc2[C@@H](Oc2cc(N3CCC4(CC3)CN[C@H](C(=O)O)C4)nc(N)n2)C(F)(F)F)n1. The Morgan fingerprint density at radius 1 is 1.06 bits per heavy atom. The van der Waals surface area contributed by atoms with E-state index in [9.17, 15) is 36.2 Å². The maximum Gasteiger partial charge on any atom is 0.429 e. The van der Waals surface area contributed by atoms with Gasteiger partial charge in [0.2, 0.25) is 17.9 Å². The zero-order valence-corrected chi connectivity index (χ0v) is 24.9. The number of nitrogens with zero attached hydrogens (tertiary/aromatic N) is 5. The highest BCUT2D eigenvalue weighted by Crippen LogP contribution is 2.43. The number of hydrogen-bond donors (Lipinski definition) is 3. The minimum atomic E-state index is -4.99. The first kappa shape index (κ1) is 32.1. The lowest BCUT2D eigenvalue weighted by Gasteiger charge is -2.39. The molecule has 0 saturated carbocycles. The van der Waals surface area contributed by atoms with Crippen LogP contribution < -0.4 is 20.7 Å². The van der Waals surface area contributed by atoms with Crippen molar-refractivity contribution in [3.8, 4) is 22.7 Å². The van der Waals surface area contributed by atoms with Gasteiger partial charge >= 0.3 is 12.1 Å². The molecule has 1 spiro atoms. The minimum absolute atomic E-state index is 0.0965. The van der Waals surface area contributed by atoms with Gasteiger partial charge in [-0.2, -0.15) is 28.2 Å². The average Bonchev–Trinajstić information content (AvgIpc) is 3.64. The molecule has 6 rings (SSSR count). The fraction of sp³-hybridized carbons (Fsp3) is 0.355.